The van der Waals surface area contributed by atoms with Crippen molar-refractivity contribution in [3.63, 3.8) is 0 Å². The summed E-state index contributed by atoms with van der Waals surface area (Å²) < 4.78 is 28.1. The molecular formula is C25H38ClN3O3S. The van der Waals surface area contributed by atoms with Crippen LogP contribution in [0.3, 0.4) is 0 Å². The molecule has 0 saturated carbocycles. The van der Waals surface area contributed by atoms with Gasteiger partial charge in [0.2, 0.25) is 10.0 Å². The standard InChI is InChI=1S/C25H38ClN3O3S/c1-19-9-13-27(14-10-19)17-21-6-4-11-28(18-21)25(30)22-7-8-23(26)24(15-22)33(31,32)29-12-3-5-20(2)16-29/h7-8,15,19-21H,3-6,9-14,16-18H2,1-2H3. The SMILES string of the molecule is CC1CCN(CC2CCCN(C(=O)c3ccc(Cl)c(S(=O)(=O)N4CCCC(C)C4)c3)C2)CC1. The van der Waals surface area contributed by atoms with Crippen molar-refractivity contribution in [2.75, 3.05) is 45.8 Å². The van der Waals surface area contributed by atoms with Gasteiger partial charge in [-0.1, -0.05) is 25.4 Å². The quantitative estimate of drug-likeness (QED) is 0.609. The number of hydrogen-bond acceptors (Lipinski definition) is 4. The van der Waals surface area contributed by atoms with Gasteiger partial charge in [-0.05, 0) is 87.6 Å². The Kier molecular flexibility index (Phi) is 8.04. The van der Waals surface area contributed by atoms with Crippen LogP contribution in [0.5, 0.6) is 0 Å². The lowest BCUT2D eigenvalue weighted by Crippen LogP contribution is -2.45. The summed E-state index contributed by atoms with van der Waals surface area (Å²) in [7, 11) is -3.72. The first-order valence-electron chi connectivity index (χ1n) is 12.6. The Morgan fingerprint density at radius 2 is 1.70 bits per heavy atom. The predicted molar refractivity (Wildman–Crippen MR) is 132 cm³/mol. The molecule has 8 heteroatoms. The number of rotatable bonds is 5. The fourth-order valence-electron chi connectivity index (χ4n) is 5.53. The third kappa shape index (κ3) is 5.92. The normalized spacial score (nSPS) is 26.5. The topological polar surface area (TPSA) is 60.9 Å². The van der Waals surface area contributed by atoms with Crippen LogP contribution in [-0.4, -0.2) is 74.2 Å². The molecule has 1 amide bonds. The predicted octanol–water partition coefficient (Wildman–Crippen LogP) is 4.34. The highest BCUT2D eigenvalue weighted by Gasteiger charge is 2.32. The summed E-state index contributed by atoms with van der Waals surface area (Å²) in [5.41, 5.74) is 0.412. The summed E-state index contributed by atoms with van der Waals surface area (Å²) in [5.74, 6) is 1.52. The van der Waals surface area contributed by atoms with Crippen LogP contribution in [0.4, 0.5) is 0 Å². The summed E-state index contributed by atoms with van der Waals surface area (Å²) in [6.07, 6.45) is 6.53. The summed E-state index contributed by atoms with van der Waals surface area (Å²) in [6.45, 7) is 10.2. The minimum absolute atomic E-state index is 0.0557. The van der Waals surface area contributed by atoms with Gasteiger partial charge in [-0.2, -0.15) is 4.31 Å². The molecule has 0 radical (unpaired) electrons. The molecule has 3 saturated heterocycles. The molecule has 2 atom stereocenters. The first kappa shape index (κ1) is 25.0. The zero-order valence-corrected chi connectivity index (χ0v) is 21.6. The Labute approximate surface area is 204 Å². The third-order valence-electron chi connectivity index (χ3n) is 7.61. The van der Waals surface area contributed by atoms with Gasteiger partial charge in [-0.15, -0.1) is 0 Å². The minimum atomic E-state index is -3.72. The van der Waals surface area contributed by atoms with Gasteiger partial charge >= 0.3 is 0 Å². The van der Waals surface area contributed by atoms with Gasteiger partial charge in [0.25, 0.3) is 5.91 Å². The number of carbonyl (C=O) groups is 1. The van der Waals surface area contributed by atoms with Crippen LogP contribution in [0.1, 0.15) is 62.7 Å². The van der Waals surface area contributed by atoms with E-state index in [1.54, 1.807) is 12.1 Å². The Balaban J connectivity index is 1.46. The van der Waals surface area contributed by atoms with Gasteiger partial charge in [0.05, 0.1) is 5.02 Å². The average Bonchev–Trinajstić information content (AvgIpc) is 2.80. The molecular weight excluding hydrogens is 458 g/mol. The second-order valence-corrected chi connectivity index (χ2v) is 12.8. The molecule has 184 valence electrons. The second-order valence-electron chi connectivity index (χ2n) is 10.5. The van der Waals surface area contributed by atoms with E-state index in [9.17, 15) is 13.2 Å². The molecule has 0 N–H and O–H groups in total. The second kappa shape index (κ2) is 10.6. The van der Waals surface area contributed by atoms with Crippen LogP contribution in [-0.2, 0) is 10.0 Å². The molecule has 6 nitrogen and oxygen atoms in total. The highest BCUT2D eigenvalue weighted by Crippen LogP contribution is 2.30. The summed E-state index contributed by atoms with van der Waals surface area (Å²) >= 11 is 6.33. The lowest BCUT2D eigenvalue weighted by Gasteiger charge is -2.38. The molecule has 2 unspecified atom stereocenters. The Morgan fingerprint density at radius 3 is 2.42 bits per heavy atom. The fourth-order valence-corrected chi connectivity index (χ4v) is 7.63. The summed E-state index contributed by atoms with van der Waals surface area (Å²) in [4.78, 5) is 17.9. The molecule has 33 heavy (non-hydrogen) atoms. The molecule has 1 aromatic rings. The van der Waals surface area contributed by atoms with Crippen LogP contribution in [0.25, 0.3) is 0 Å². The number of nitrogens with zero attached hydrogens (tertiary/aromatic N) is 3. The smallest absolute Gasteiger partial charge is 0.253 e. The molecule has 0 aromatic heterocycles. The number of amides is 1. The van der Waals surface area contributed by atoms with Gasteiger partial charge < -0.3 is 9.80 Å². The molecule has 3 aliphatic heterocycles. The van der Waals surface area contributed by atoms with E-state index in [4.69, 9.17) is 11.6 Å². The van der Waals surface area contributed by atoms with Gasteiger partial charge in [0.15, 0.2) is 0 Å². The van der Waals surface area contributed by atoms with E-state index >= 15 is 0 Å². The summed E-state index contributed by atoms with van der Waals surface area (Å²) in [6, 6.07) is 4.72. The number of benzene rings is 1. The third-order valence-corrected chi connectivity index (χ3v) is 9.96. The van der Waals surface area contributed by atoms with E-state index in [2.05, 4.69) is 18.7 Å². The number of sulfonamides is 1. The molecule has 0 spiro atoms. The van der Waals surface area contributed by atoms with E-state index in [0.717, 1.165) is 64.3 Å². The zero-order valence-electron chi connectivity index (χ0n) is 20.0. The Bertz CT molecular complexity index is 946. The maximum Gasteiger partial charge on any atom is 0.253 e. The molecule has 3 aliphatic rings. The van der Waals surface area contributed by atoms with Gasteiger partial charge in [0.1, 0.15) is 4.90 Å². The van der Waals surface area contributed by atoms with Crippen molar-refractivity contribution in [3.05, 3.63) is 28.8 Å². The Morgan fingerprint density at radius 1 is 0.970 bits per heavy atom. The van der Waals surface area contributed by atoms with Crippen molar-refractivity contribution in [2.45, 2.75) is 57.3 Å². The lowest BCUT2D eigenvalue weighted by atomic mass is 9.94. The first-order valence-corrected chi connectivity index (χ1v) is 14.4. The van der Waals surface area contributed by atoms with Crippen molar-refractivity contribution in [3.8, 4) is 0 Å². The van der Waals surface area contributed by atoms with E-state index in [0.29, 0.717) is 30.5 Å². The number of carbonyl (C=O) groups excluding carboxylic acids is 1. The fraction of sp³-hybridized carbons (Fsp3) is 0.720. The van der Waals surface area contributed by atoms with E-state index in [-0.39, 0.29) is 15.8 Å². The molecule has 3 heterocycles. The molecule has 4 rings (SSSR count). The monoisotopic (exact) mass is 495 g/mol. The van der Waals surface area contributed by atoms with Crippen molar-refractivity contribution >= 4 is 27.5 Å². The van der Waals surface area contributed by atoms with E-state index in [1.165, 1.54) is 23.2 Å². The number of likely N-dealkylation sites (tertiary alicyclic amines) is 2. The largest absolute Gasteiger partial charge is 0.338 e. The Hall–Kier alpha value is -1.15. The van der Waals surface area contributed by atoms with Crippen LogP contribution >= 0.6 is 11.6 Å². The van der Waals surface area contributed by atoms with Crippen LogP contribution < -0.4 is 0 Å². The zero-order chi connectivity index (χ0) is 23.6. The van der Waals surface area contributed by atoms with Crippen LogP contribution in [0, 0.1) is 17.8 Å². The number of hydrogen-bond donors (Lipinski definition) is 0. The maximum absolute atomic E-state index is 13.4. The number of piperidine rings is 3. The van der Waals surface area contributed by atoms with E-state index in [1.807, 2.05) is 4.90 Å². The van der Waals surface area contributed by atoms with Crippen molar-refractivity contribution in [1.29, 1.82) is 0 Å². The number of halogens is 1. The summed E-state index contributed by atoms with van der Waals surface area (Å²) in [5, 5.41) is 0.181. The molecule has 3 fully saturated rings. The molecule has 0 bridgehead atoms. The van der Waals surface area contributed by atoms with Crippen molar-refractivity contribution in [1.82, 2.24) is 14.1 Å². The van der Waals surface area contributed by atoms with Crippen LogP contribution in [0.15, 0.2) is 23.1 Å². The van der Waals surface area contributed by atoms with E-state index < -0.39 is 10.0 Å². The molecule has 1 aromatic carbocycles. The minimum Gasteiger partial charge on any atom is -0.338 e. The van der Waals surface area contributed by atoms with Crippen molar-refractivity contribution in [2.24, 2.45) is 17.8 Å². The van der Waals surface area contributed by atoms with Crippen LogP contribution in [0.2, 0.25) is 5.02 Å². The highest BCUT2D eigenvalue weighted by atomic mass is 35.5. The van der Waals surface area contributed by atoms with Gasteiger partial charge in [-0.3, -0.25) is 4.79 Å². The first-order chi connectivity index (χ1) is 15.7. The average molecular weight is 496 g/mol. The van der Waals surface area contributed by atoms with Crippen molar-refractivity contribution < 1.29 is 13.2 Å². The molecule has 0 aliphatic carbocycles. The van der Waals surface area contributed by atoms with Gasteiger partial charge in [-0.25, -0.2) is 8.42 Å². The maximum atomic E-state index is 13.4. The highest BCUT2D eigenvalue weighted by molar-refractivity contribution is 7.89. The lowest BCUT2D eigenvalue weighted by molar-refractivity contribution is 0.0622. The van der Waals surface area contributed by atoms with Gasteiger partial charge in [0, 0.05) is 38.3 Å².